The summed E-state index contributed by atoms with van der Waals surface area (Å²) >= 11 is 0. The van der Waals surface area contributed by atoms with E-state index in [2.05, 4.69) is 21.7 Å². The second-order valence-electron chi connectivity index (χ2n) is 6.52. The molecule has 136 valence electrons. The van der Waals surface area contributed by atoms with Crippen molar-refractivity contribution in [3.8, 4) is 0 Å². The summed E-state index contributed by atoms with van der Waals surface area (Å²) in [6.45, 7) is 5.59. The van der Waals surface area contributed by atoms with Gasteiger partial charge in [-0.2, -0.15) is 0 Å². The summed E-state index contributed by atoms with van der Waals surface area (Å²) in [7, 11) is 0. The quantitative estimate of drug-likeness (QED) is 0.636. The highest BCUT2D eigenvalue weighted by Crippen LogP contribution is 2.19. The Morgan fingerprint density at radius 1 is 0.815 bits per heavy atom. The summed E-state index contributed by atoms with van der Waals surface area (Å²) in [5.74, 6) is 0.405. The van der Waals surface area contributed by atoms with Gasteiger partial charge in [-0.05, 0) is 80.4 Å². The second kappa shape index (κ2) is 7.83. The number of ketones is 1. The summed E-state index contributed by atoms with van der Waals surface area (Å²) in [5.41, 5.74) is 4.99. The molecule has 0 fully saturated rings. The first-order valence-electron chi connectivity index (χ1n) is 8.64. The fourth-order valence-electron chi connectivity index (χ4n) is 2.79. The molecule has 2 aromatic carbocycles. The van der Waals surface area contributed by atoms with Gasteiger partial charge < -0.3 is 10.6 Å². The molecular formula is C22H21N3O2. The Bertz CT molecular complexity index is 957. The van der Waals surface area contributed by atoms with Crippen LogP contribution in [0.2, 0.25) is 0 Å². The number of rotatable bonds is 5. The molecule has 1 amide bonds. The van der Waals surface area contributed by atoms with E-state index in [0.29, 0.717) is 22.6 Å². The zero-order chi connectivity index (χ0) is 19.4. The van der Waals surface area contributed by atoms with E-state index in [0.717, 1.165) is 5.69 Å². The minimum Gasteiger partial charge on any atom is -0.340 e. The fraction of sp³-hybridized carbons (Fsp3) is 0.136. The molecule has 3 aromatic rings. The van der Waals surface area contributed by atoms with Crippen molar-refractivity contribution in [1.29, 1.82) is 0 Å². The van der Waals surface area contributed by atoms with Crippen LogP contribution in [0, 0.1) is 13.8 Å². The van der Waals surface area contributed by atoms with Gasteiger partial charge in [0.25, 0.3) is 5.91 Å². The van der Waals surface area contributed by atoms with Gasteiger partial charge in [0.15, 0.2) is 5.78 Å². The number of carbonyl (C=O) groups is 2. The Labute approximate surface area is 158 Å². The predicted molar refractivity (Wildman–Crippen MR) is 108 cm³/mol. The van der Waals surface area contributed by atoms with Gasteiger partial charge in [-0.15, -0.1) is 0 Å². The molecule has 0 spiro atoms. The molecule has 0 aliphatic heterocycles. The zero-order valence-electron chi connectivity index (χ0n) is 15.5. The maximum Gasteiger partial charge on any atom is 0.257 e. The second-order valence-corrected chi connectivity index (χ2v) is 6.52. The minimum absolute atomic E-state index is 0.0102. The van der Waals surface area contributed by atoms with Gasteiger partial charge in [0.2, 0.25) is 0 Å². The Balaban J connectivity index is 1.67. The average Bonchev–Trinajstić information content (AvgIpc) is 2.62. The van der Waals surface area contributed by atoms with Crippen LogP contribution in [-0.2, 0) is 0 Å². The van der Waals surface area contributed by atoms with Gasteiger partial charge in [0.05, 0.1) is 5.56 Å². The highest BCUT2D eigenvalue weighted by Gasteiger charge is 2.08. The Kier molecular flexibility index (Phi) is 5.31. The van der Waals surface area contributed by atoms with E-state index >= 15 is 0 Å². The van der Waals surface area contributed by atoms with Crippen molar-refractivity contribution in [2.45, 2.75) is 20.8 Å². The van der Waals surface area contributed by atoms with E-state index in [4.69, 9.17) is 0 Å². The third kappa shape index (κ3) is 4.79. The third-order valence-corrected chi connectivity index (χ3v) is 4.07. The van der Waals surface area contributed by atoms with E-state index in [1.54, 1.807) is 36.4 Å². The van der Waals surface area contributed by atoms with Gasteiger partial charge in [0, 0.05) is 23.1 Å². The number of Topliss-reactive ketones (excluding diaryl/α,β-unsaturated/α-hetero) is 1. The first-order valence-corrected chi connectivity index (χ1v) is 8.64. The largest absolute Gasteiger partial charge is 0.340 e. The van der Waals surface area contributed by atoms with E-state index in [1.165, 1.54) is 24.2 Å². The first-order chi connectivity index (χ1) is 12.9. The molecule has 0 saturated heterocycles. The van der Waals surface area contributed by atoms with Gasteiger partial charge in [-0.1, -0.05) is 6.07 Å². The number of amides is 1. The number of hydrogen-bond donors (Lipinski definition) is 2. The van der Waals surface area contributed by atoms with Gasteiger partial charge >= 0.3 is 0 Å². The lowest BCUT2D eigenvalue weighted by atomic mass is 10.1. The summed E-state index contributed by atoms with van der Waals surface area (Å²) in [6.07, 6.45) is 1.53. The smallest absolute Gasteiger partial charge is 0.257 e. The topological polar surface area (TPSA) is 71.1 Å². The lowest BCUT2D eigenvalue weighted by molar-refractivity contribution is 0.101. The number of nitrogens with one attached hydrogen (secondary N) is 2. The van der Waals surface area contributed by atoms with Crippen LogP contribution >= 0.6 is 0 Å². The van der Waals surface area contributed by atoms with Crippen molar-refractivity contribution in [2.75, 3.05) is 10.6 Å². The van der Waals surface area contributed by atoms with Crippen LogP contribution in [0.15, 0.2) is 60.8 Å². The maximum absolute atomic E-state index is 12.4. The molecule has 1 aromatic heterocycles. The maximum atomic E-state index is 12.4. The number of aryl methyl sites for hydroxylation is 2. The first kappa shape index (κ1) is 18.3. The molecule has 0 aliphatic rings. The molecule has 0 saturated carbocycles. The van der Waals surface area contributed by atoms with E-state index in [-0.39, 0.29) is 11.7 Å². The number of benzene rings is 2. The van der Waals surface area contributed by atoms with E-state index in [1.807, 2.05) is 26.0 Å². The number of nitrogens with zero attached hydrogens (tertiary/aromatic N) is 1. The molecular weight excluding hydrogens is 338 g/mol. The SMILES string of the molecule is CC(=O)c1ccc(NC(=O)c2ccc(Nc3cc(C)cc(C)c3)nc2)cc1. The number of carbonyl (C=O) groups excluding carboxylic acids is 2. The van der Waals surface area contributed by atoms with Crippen LogP contribution in [0.25, 0.3) is 0 Å². The lowest BCUT2D eigenvalue weighted by Gasteiger charge is -2.09. The Hall–Kier alpha value is -3.47. The summed E-state index contributed by atoms with van der Waals surface area (Å²) in [6, 6.07) is 16.5. The van der Waals surface area contributed by atoms with E-state index in [9.17, 15) is 9.59 Å². The highest BCUT2D eigenvalue weighted by molar-refractivity contribution is 6.04. The molecule has 3 rings (SSSR count). The van der Waals surface area contributed by atoms with Crippen LogP contribution in [0.3, 0.4) is 0 Å². The Morgan fingerprint density at radius 2 is 1.44 bits per heavy atom. The fourth-order valence-corrected chi connectivity index (χ4v) is 2.79. The summed E-state index contributed by atoms with van der Waals surface area (Å²) < 4.78 is 0. The number of anilines is 3. The molecule has 2 N–H and O–H groups in total. The normalized spacial score (nSPS) is 10.3. The van der Waals surface area contributed by atoms with E-state index < -0.39 is 0 Å². The molecule has 1 heterocycles. The van der Waals surface area contributed by atoms with Crippen molar-refractivity contribution in [1.82, 2.24) is 4.98 Å². The van der Waals surface area contributed by atoms with Gasteiger partial charge in [0.1, 0.15) is 5.82 Å². The molecule has 0 radical (unpaired) electrons. The molecule has 5 nitrogen and oxygen atoms in total. The van der Waals surface area contributed by atoms with Crippen LogP contribution in [-0.4, -0.2) is 16.7 Å². The predicted octanol–water partition coefficient (Wildman–Crippen LogP) is 4.90. The molecule has 0 atom stereocenters. The minimum atomic E-state index is -0.254. The monoisotopic (exact) mass is 359 g/mol. The summed E-state index contributed by atoms with van der Waals surface area (Å²) in [5, 5.41) is 6.04. The van der Waals surface area contributed by atoms with Crippen molar-refractivity contribution < 1.29 is 9.59 Å². The lowest BCUT2D eigenvalue weighted by Crippen LogP contribution is -2.12. The van der Waals surface area contributed by atoms with Crippen molar-refractivity contribution in [3.05, 3.63) is 83.0 Å². The molecule has 0 bridgehead atoms. The number of pyridine rings is 1. The van der Waals surface area contributed by atoms with Crippen molar-refractivity contribution >= 4 is 28.9 Å². The number of aromatic nitrogens is 1. The number of hydrogen-bond acceptors (Lipinski definition) is 4. The van der Waals surface area contributed by atoms with Crippen molar-refractivity contribution in [2.24, 2.45) is 0 Å². The van der Waals surface area contributed by atoms with Crippen LogP contribution in [0.4, 0.5) is 17.2 Å². The highest BCUT2D eigenvalue weighted by atomic mass is 16.1. The molecule has 0 aliphatic carbocycles. The Morgan fingerprint density at radius 3 is 2.00 bits per heavy atom. The van der Waals surface area contributed by atoms with Crippen LogP contribution in [0.5, 0.6) is 0 Å². The molecule has 27 heavy (non-hydrogen) atoms. The standard InChI is InChI=1S/C22H21N3O2/c1-14-10-15(2)12-20(11-14)24-21-9-6-18(13-23-21)22(27)25-19-7-4-17(5-8-19)16(3)26/h4-13H,1-3H3,(H,23,24)(H,25,27). The zero-order valence-corrected chi connectivity index (χ0v) is 15.5. The van der Waals surface area contributed by atoms with Crippen molar-refractivity contribution in [3.63, 3.8) is 0 Å². The molecule has 5 heteroatoms. The summed E-state index contributed by atoms with van der Waals surface area (Å²) in [4.78, 5) is 28.0. The van der Waals surface area contributed by atoms with Gasteiger partial charge in [-0.3, -0.25) is 9.59 Å². The van der Waals surface area contributed by atoms with Crippen LogP contribution < -0.4 is 10.6 Å². The third-order valence-electron chi connectivity index (χ3n) is 4.07. The molecule has 0 unspecified atom stereocenters. The van der Waals surface area contributed by atoms with Crippen LogP contribution in [0.1, 0.15) is 38.8 Å². The van der Waals surface area contributed by atoms with Gasteiger partial charge in [-0.25, -0.2) is 4.98 Å². The average molecular weight is 359 g/mol.